The molecule has 3 aromatic heterocycles. The van der Waals surface area contributed by atoms with Crippen LogP contribution in [-0.4, -0.2) is 27.5 Å². The van der Waals surface area contributed by atoms with Crippen molar-refractivity contribution >= 4 is 17.0 Å². The Labute approximate surface area is 165 Å². The summed E-state index contributed by atoms with van der Waals surface area (Å²) in [4.78, 5) is 17.7. The lowest BCUT2D eigenvalue weighted by molar-refractivity contribution is 0.0736. The summed E-state index contributed by atoms with van der Waals surface area (Å²) in [6, 6.07) is 10.3. The van der Waals surface area contributed by atoms with Crippen molar-refractivity contribution in [1.29, 1.82) is 0 Å². The van der Waals surface area contributed by atoms with Crippen LogP contribution in [0.1, 0.15) is 30.2 Å². The predicted molar refractivity (Wildman–Crippen MR) is 103 cm³/mol. The number of hydrogen-bond acceptors (Lipinski definition) is 7. The van der Waals surface area contributed by atoms with Crippen LogP contribution < -0.4 is 14.2 Å². The highest BCUT2D eigenvalue weighted by Gasteiger charge is 2.22. The van der Waals surface area contributed by atoms with Gasteiger partial charge in [0.05, 0.1) is 23.4 Å². The van der Waals surface area contributed by atoms with Crippen molar-refractivity contribution in [1.82, 2.24) is 14.8 Å². The number of esters is 1. The van der Waals surface area contributed by atoms with Crippen molar-refractivity contribution in [2.45, 2.75) is 19.9 Å². The van der Waals surface area contributed by atoms with E-state index in [-0.39, 0.29) is 12.8 Å². The fraction of sp³-hybridized carbons (Fsp3) is 0.190. The lowest BCUT2D eigenvalue weighted by atomic mass is 10.1. The van der Waals surface area contributed by atoms with E-state index in [1.54, 1.807) is 53.5 Å². The van der Waals surface area contributed by atoms with Gasteiger partial charge in [0.1, 0.15) is 11.4 Å². The summed E-state index contributed by atoms with van der Waals surface area (Å²) in [6.45, 7) is 4.15. The minimum absolute atomic E-state index is 0.0737. The quantitative estimate of drug-likeness (QED) is 0.380. The van der Waals surface area contributed by atoms with E-state index in [0.717, 1.165) is 0 Å². The fourth-order valence-electron chi connectivity index (χ4n) is 3.22. The molecule has 0 saturated carbocycles. The van der Waals surface area contributed by atoms with Crippen molar-refractivity contribution in [3.8, 4) is 28.7 Å². The summed E-state index contributed by atoms with van der Waals surface area (Å²) in [7, 11) is 0. The van der Waals surface area contributed by atoms with Gasteiger partial charge >= 0.3 is 5.97 Å². The number of furan rings is 1. The largest absolute Gasteiger partial charge is 0.463 e. The summed E-state index contributed by atoms with van der Waals surface area (Å²) in [5.74, 6) is 1.56. The Balaban J connectivity index is 1.58. The molecule has 0 spiro atoms. The van der Waals surface area contributed by atoms with Crippen molar-refractivity contribution in [3.05, 3.63) is 54.4 Å². The van der Waals surface area contributed by atoms with E-state index in [1.165, 1.54) is 0 Å². The van der Waals surface area contributed by atoms with E-state index in [9.17, 15) is 4.79 Å². The van der Waals surface area contributed by atoms with Crippen LogP contribution in [0.25, 0.3) is 22.5 Å². The van der Waals surface area contributed by atoms with Crippen molar-refractivity contribution in [2.75, 3.05) is 6.79 Å². The Morgan fingerprint density at radius 3 is 2.83 bits per heavy atom. The normalized spacial score (nSPS) is 12.7. The van der Waals surface area contributed by atoms with Crippen LogP contribution in [0.5, 0.6) is 17.2 Å². The average molecular weight is 391 g/mol. The van der Waals surface area contributed by atoms with Gasteiger partial charge < -0.3 is 18.6 Å². The van der Waals surface area contributed by atoms with Crippen LogP contribution in [0.4, 0.5) is 0 Å². The third kappa shape index (κ3) is 2.98. The molecule has 4 aromatic rings. The lowest BCUT2D eigenvalue weighted by Gasteiger charge is -2.10. The summed E-state index contributed by atoms with van der Waals surface area (Å²) >= 11 is 0. The van der Waals surface area contributed by atoms with E-state index < -0.39 is 5.97 Å². The molecule has 146 valence electrons. The SMILES string of the molecule is CC(C)n1ncc2c(C(=O)Oc3ccc4c(c3)OCO4)cc(-c3ccco3)nc21. The number of nitrogens with zero attached hydrogens (tertiary/aromatic N) is 3. The van der Waals surface area contributed by atoms with Gasteiger partial charge in [-0.05, 0) is 44.2 Å². The van der Waals surface area contributed by atoms with Gasteiger partial charge in [0.15, 0.2) is 22.9 Å². The number of carbonyl (C=O) groups excluding carboxylic acids is 1. The number of fused-ring (bicyclic) bond motifs is 2. The highest BCUT2D eigenvalue weighted by Crippen LogP contribution is 2.35. The summed E-state index contributed by atoms with van der Waals surface area (Å²) < 4.78 is 23.5. The first-order chi connectivity index (χ1) is 14.1. The van der Waals surface area contributed by atoms with Gasteiger partial charge in [-0.2, -0.15) is 5.10 Å². The van der Waals surface area contributed by atoms with Gasteiger partial charge in [-0.3, -0.25) is 0 Å². The van der Waals surface area contributed by atoms with Crippen LogP contribution in [0.15, 0.2) is 53.3 Å². The Bertz CT molecular complexity index is 1210. The molecule has 0 amide bonds. The second kappa shape index (κ2) is 6.66. The van der Waals surface area contributed by atoms with E-state index in [2.05, 4.69) is 10.1 Å². The van der Waals surface area contributed by atoms with Crippen LogP contribution >= 0.6 is 0 Å². The molecule has 1 aliphatic rings. The Kier molecular flexibility index (Phi) is 3.97. The maximum absolute atomic E-state index is 13.0. The van der Waals surface area contributed by atoms with Gasteiger partial charge in [-0.1, -0.05) is 0 Å². The number of ether oxygens (including phenoxy) is 3. The molecule has 29 heavy (non-hydrogen) atoms. The molecule has 8 nitrogen and oxygen atoms in total. The molecule has 0 radical (unpaired) electrons. The Morgan fingerprint density at radius 1 is 1.17 bits per heavy atom. The predicted octanol–water partition coefficient (Wildman–Crippen LogP) is 4.22. The molecule has 8 heteroatoms. The number of rotatable bonds is 4. The monoisotopic (exact) mass is 391 g/mol. The Hall–Kier alpha value is -3.81. The van der Waals surface area contributed by atoms with Gasteiger partial charge in [-0.15, -0.1) is 0 Å². The summed E-state index contributed by atoms with van der Waals surface area (Å²) in [6.07, 6.45) is 3.19. The zero-order valence-corrected chi connectivity index (χ0v) is 15.8. The lowest BCUT2D eigenvalue weighted by Crippen LogP contribution is -2.10. The van der Waals surface area contributed by atoms with Crippen LogP contribution in [0, 0.1) is 0 Å². The minimum atomic E-state index is -0.521. The smallest absolute Gasteiger partial charge is 0.344 e. The second-order valence-corrected chi connectivity index (χ2v) is 6.86. The standard InChI is InChI=1S/C21H17N3O5/c1-12(2)24-20-15(10-22-24)14(9-16(23-20)17-4-3-7-26-17)21(25)29-13-5-6-18-19(8-13)28-11-27-18/h3-10,12H,11H2,1-2H3. The van der Waals surface area contributed by atoms with Crippen molar-refractivity contribution in [3.63, 3.8) is 0 Å². The number of pyridine rings is 1. The molecule has 1 aromatic carbocycles. The molecule has 5 rings (SSSR count). The first-order valence-corrected chi connectivity index (χ1v) is 9.14. The molecule has 1 aliphatic heterocycles. The van der Waals surface area contributed by atoms with Crippen LogP contribution in [0.2, 0.25) is 0 Å². The fourth-order valence-corrected chi connectivity index (χ4v) is 3.22. The second-order valence-electron chi connectivity index (χ2n) is 6.86. The number of hydrogen-bond donors (Lipinski definition) is 0. The maximum atomic E-state index is 13.0. The Morgan fingerprint density at radius 2 is 2.03 bits per heavy atom. The highest BCUT2D eigenvalue weighted by atomic mass is 16.7. The van der Waals surface area contributed by atoms with Crippen molar-refractivity contribution in [2.24, 2.45) is 0 Å². The summed E-state index contributed by atoms with van der Waals surface area (Å²) in [5.41, 5.74) is 1.47. The zero-order valence-electron chi connectivity index (χ0n) is 15.8. The van der Waals surface area contributed by atoms with E-state index in [4.69, 9.17) is 18.6 Å². The van der Waals surface area contributed by atoms with Gasteiger partial charge in [-0.25, -0.2) is 14.5 Å². The van der Waals surface area contributed by atoms with Gasteiger partial charge in [0, 0.05) is 12.1 Å². The molecule has 0 saturated heterocycles. The van der Waals surface area contributed by atoms with E-state index in [1.807, 2.05) is 13.8 Å². The average Bonchev–Trinajstić information content (AvgIpc) is 3.45. The zero-order chi connectivity index (χ0) is 20.0. The number of benzene rings is 1. The molecular weight excluding hydrogens is 374 g/mol. The highest BCUT2D eigenvalue weighted by molar-refractivity contribution is 6.04. The number of aromatic nitrogens is 3. The van der Waals surface area contributed by atoms with Gasteiger partial charge in [0.25, 0.3) is 0 Å². The molecule has 0 bridgehead atoms. The number of carbonyl (C=O) groups is 1. The third-order valence-corrected chi connectivity index (χ3v) is 4.60. The van der Waals surface area contributed by atoms with E-state index in [0.29, 0.717) is 45.3 Å². The molecule has 0 atom stereocenters. The van der Waals surface area contributed by atoms with Gasteiger partial charge in [0.2, 0.25) is 6.79 Å². The molecule has 0 unspecified atom stereocenters. The van der Waals surface area contributed by atoms with Crippen LogP contribution in [0.3, 0.4) is 0 Å². The van der Waals surface area contributed by atoms with Crippen molar-refractivity contribution < 1.29 is 23.4 Å². The minimum Gasteiger partial charge on any atom is -0.463 e. The van der Waals surface area contributed by atoms with E-state index >= 15 is 0 Å². The third-order valence-electron chi connectivity index (χ3n) is 4.60. The first-order valence-electron chi connectivity index (χ1n) is 9.14. The molecule has 4 heterocycles. The molecular formula is C21H17N3O5. The van der Waals surface area contributed by atoms with Crippen LogP contribution in [-0.2, 0) is 0 Å². The first kappa shape index (κ1) is 17.3. The summed E-state index contributed by atoms with van der Waals surface area (Å²) in [5, 5.41) is 5.00. The molecule has 0 N–H and O–H groups in total. The molecule has 0 fully saturated rings. The maximum Gasteiger partial charge on any atom is 0.344 e. The topological polar surface area (TPSA) is 88.6 Å². The molecule has 0 aliphatic carbocycles.